The number of rotatable bonds is 5. The number of nitrogens with one attached hydrogen (secondary N) is 3. The molecular weight excluding hydrogens is 304 g/mol. The summed E-state index contributed by atoms with van der Waals surface area (Å²) in [6.07, 6.45) is 2.06. The highest BCUT2D eigenvalue weighted by molar-refractivity contribution is 5.97. The molecule has 122 valence electrons. The van der Waals surface area contributed by atoms with Gasteiger partial charge in [0.25, 0.3) is 5.91 Å². The van der Waals surface area contributed by atoms with E-state index in [-0.39, 0.29) is 24.3 Å². The number of carbonyl (C=O) groups is 2. The Kier molecular flexibility index (Phi) is 6.20. The van der Waals surface area contributed by atoms with E-state index >= 15 is 0 Å². The number of hydrogen-bond acceptors (Lipinski definition) is 3. The summed E-state index contributed by atoms with van der Waals surface area (Å²) in [5.41, 5.74) is 6.21. The third-order valence-corrected chi connectivity index (χ3v) is 3.26. The third kappa shape index (κ3) is 5.54. The maximum atomic E-state index is 12.1. The molecule has 7 heteroatoms. The predicted molar refractivity (Wildman–Crippen MR) is 89.5 cm³/mol. The van der Waals surface area contributed by atoms with Gasteiger partial charge in [0.1, 0.15) is 0 Å². The molecule has 0 aromatic heterocycles. The molecule has 2 rings (SSSR count). The number of benzene rings is 1. The summed E-state index contributed by atoms with van der Waals surface area (Å²) in [5, 5.41) is 8.41. The Balaban J connectivity index is 0.00000242. The lowest BCUT2D eigenvalue weighted by Crippen LogP contribution is -2.48. The summed E-state index contributed by atoms with van der Waals surface area (Å²) in [5.74, 6) is -0.211. The topological polar surface area (TPSA) is 96.2 Å². The van der Waals surface area contributed by atoms with Crippen LogP contribution in [0, 0.1) is 0 Å². The van der Waals surface area contributed by atoms with Crippen molar-refractivity contribution in [2.24, 2.45) is 5.73 Å². The number of anilines is 1. The van der Waals surface area contributed by atoms with Gasteiger partial charge in [0.2, 0.25) is 0 Å². The average Bonchev–Trinajstić information content (AvgIpc) is 3.22. The lowest BCUT2D eigenvalue weighted by Gasteiger charge is -2.24. The van der Waals surface area contributed by atoms with Crippen LogP contribution in [0.2, 0.25) is 0 Å². The second-order valence-corrected chi connectivity index (χ2v) is 6.00. The first-order valence-corrected chi connectivity index (χ1v) is 7.10. The van der Waals surface area contributed by atoms with Crippen LogP contribution in [0.5, 0.6) is 0 Å². The molecule has 0 unspecified atom stereocenters. The Hall–Kier alpha value is -1.79. The Morgan fingerprint density at radius 3 is 2.59 bits per heavy atom. The fourth-order valence-corrected chi connectivity index (χ4v) is 1.75. The van der Waals surface area contributed by atoms with E-state index in [9.17, 15) is 9.59 Å². The monoisotopic (exact) mass is 326 g/mol. The van der Waals surface area contributed by atoms with Gasteiger partial charge in [-0.2, -0.15) is 0 Å². The van der Waals surface area contributed by atoms with Crippen molar-refractivity contribution in [1.29, 1.82) is 0 Å². The second kappa shape index (κ2) is 7.47. The van der Waals surface area contributed by atoms with Crippen molar-refractivity contribution in [2.75, 3.05) is 11.9 Å². The highest BCUT2D eigenvalue weighted by atomic mass is 35.5. The van der Waals surface area contributed by atoms with E-state index in [2.05, 4.69) is 16.0 Å². The maximum Gasteiger partial charge on any atom is 0.319 e. The molecule has 3 amide bonds. The van der Waals surface area contributed by atoms with Gasteiger partial charge in [-0.15, -0.1) is 12.4 Å². The smallest absolute Gasteiger partial charge is 0.319 e. The first kappa shape index (κ1) is 18.3. The van der Waals surface area contributed by atoms with Gasteiger partial charge in [-0.3, -0.25) is 4.79 Å². The quantitative estimate of drug-likeness (QED) is 0.665. The van der Waals surface area contributed by atoms with E-state index in [1.807, 2.05) is 13.8 Å². The fraction of sp³-hybridized carbons (Fsp3) is 0.467. The molecule has 0 bridgehead atoms. The molecule has 0 atom stereocenters. The molecule has 6 nitrogen and oxygen atoms in total. The van der Waals surface area contributed by atoms with Crippen molar-refractivity contribution in [3.05, 3.63) is 29.8 Å². The molecule has 22 heavy (non-hydrogen) atoms. The van der Waals surface area contributed by atoms with E-state index in [1.54, 1.807) is 24.3 Å². The van der Waals surface area contributed by atoms with Gasteiger partial charge in [0.05, 0.1) is 0 Å². The van der Waals surface area contributed by atoms with Crippen molar-refractivity contribution < 1.29 is 9.59 Å². The Morgan fingerprint density at radius 1 is 1.32 bits per heavy atom. The summed E-state index contributed by atoms with van der Waals surface area (Å²) in [7, 11) is 0. The molecule has 0 spiro atoms. The minimum atomic E-state index is -0.468. The van der Waals surface area contributed by atoms with Crippen LogP contribution in [0.25, 0.3) is 0 Å². The molecular formula is C15H23ClN4O2. The van der Waals surface area contributed by atoms with Crippen LogP contribution in [0.3, 0.4) is 0 Å². The van der Waals surface area contributed by atoms with Gasteiger partial charge < -0.3 is 21.7 Å². The SMILES string of the molecule is CC(C)(CN)NC(=O)c1cccc(NC(=O)NC2CC2)c1.Cl. The number of carbonyl (C=O) groups excluding carboxylic acids is 2. The second-order valence-electron chi connectivity index (χ2n) is 6.00. The summed E-state index contributed by atoms with van der Waals surface area (Å²) < 4.78 is 0. The largest absolute Gasteiger partial charge is 0.346 e. The normalized spacial score (nSPS) is 13.8. The van der Waals surface area contributed by atoms with Crippen molar-refractivity contribution in [1.82, 2.24) is 10.6 Å². The van der Waals surface area contributed by atoms with E-state index in [4.69, 9.17) is 5.73 Å². The lowest BCUT2D eigenvalue weighted by molar-refractivity contribution is 0.0915. The lowest BCUT2D eigenvalue weighted by atomic mass is 10.1. The number of halogens is 1. The molecule has 0 saturated heterocycles. The zero-order valence-electron chi connectivity index (χ0n) is 12.8. The first-order chi connectivity index (χ1) is 9.89. The number of hydrogen-bond donors (Lipinski definition) is 4. The van der Waals surface area contributed by atoms with E-state index in [0.717, 1.165) is 12.8 Å². The molecule has 0 radical (unpaired) electrons. The maximum absolute atomic E-state index is 12.1. The van der Waals surface area contributed by atoms with Gasteiger partial charge in [-0.25, -0.2) is 4.79 Å². The fourth-order valence-electron chi connectivity index (χ4n) is 1.75. The van der Waals surface area contributed by atoms with Crippen LogP contribution in [-0.2, 0) is 0 Å². The third-order valence-electron chi connectivity index (χ3n) is 3.26. The van der Waals surface area contributed by atoms with Crippen molar-refractivity contribution in [3.8, 4) is 0 Å². The van der Waals surface area contributed by atoms with Crippen LogP contribution in [0.15, 0.2) is 24.3 Å². The number of nitrogens with two attached hydrogens (primary N) is 1. The van der Waals surface area contributed by atoms with Crippen molar-refractivity contribution >= 4 is 30.0 Å². The van der Waals surface area contributed by atoms with Crippen LogP contribution >= 0.6 is 12.4 Å². The first-order valence-electron chi connectivity index (χ1n) is 7.10. The predicted octanol–water partition coefficient (Wildman–Crippen LogP) is 1.86. The summed E-state index contributed by atoms with van der Waals surface area (Å²) in [6, 6.07) is 6.88. The standard InChI is InChI=1S/C15H22N4O2.ClH/c1-15(2,9-16)19-13(20)10-4-3-5-12(8-10)18-14(21)17-11-6-7-11;/h3-5,8,11H,6-7,9,16H2,1-2H3,(H,19,20)(H2,17,18,21);1H. The van der Waals surface area contributed by atoms with E-state index in [1.165, 1.54) is 0 Å². The molecule has 1 fully saturated rings. The molecule has 1 aromatic rings. The Morgan fingerprint density at radius 2 is 2.00 bits per heavy atom. The van der Waals surface area contributed by atoms with Crippen LogP contribution < -0.4 is 21.7 Å². The Bertz CT molecular complexity index is 544. The van der Waals surface area contributed by atoms with Gasteiger partial charge in [0, 0.05) is 29.4 Å². The van der Waals surface area contributed by atoms with Gasteiger partial charge >= 0.3 is 6.03 Å². The minimum Gasteiger partial charge on any atom is -0.346 e. The van der Waals surface area contributed by atoms with E-state index in [0.29, 0.717) is 23.8 Å². The highest BCUT2D eigenvalue weighted by Gasteiger charge is 2.23. The average molecular weight is 327 g/mol. The van der Waals surface area contributed by atoms with Gasteiger partial charge in [-0.1, -0.05) is 6.07 Å². The zero-order chi connectivity index (χ0) is 15.5. The van der Waals surface area contributed by atoms with Crippen molar-refractivity contribution in [3.63, 3.8) is 0 Å². The zero-order valence-corrected chi connectivity index (χ0v) is 13.6. The number of urea groups is 1. The molecule has 1 aliphatic carbocycles. The van der Waals surface area contributed by atoms with Crippen LogP contribution in [-0.4, -0.2) is 30.1 Å². The molecule has 5 N–H and O–H groups in total. The molecule has 1 aromatic carbocycles. The van der Waals surface area contributed by atoms with E-state index < -0.39 is 5.54 Å². The minimum absolute atomic E-state index is 0. The number of amides is 3. The summed E-state index contributed by atoms with van der Waals surface area (Å²) in [4.78, 5) is 23.8. The van der Waals surface area contributed by atoms with Crippen LogP contribution in [0.4, 0.5) is 10.5 Å². The summed E-state index contributed by atoms with van der Waals surface area (Å²) >= 11 is 0. The van der Waals surface area contributed by atoms with Gasteiger partial charge in [0.15, 0.2) is 0 Å². The Labute approximate surface area is 136 Å². The highest BCUT2D eigenvalue weighted by Crippen LogP contribution is 2.19. The molecule has 1 saturated carbocycles. The molecule has 1 aliphatic rings. The van der Waals surface area contributed by atoms with Crippen LogP contribution in [0.1, 0.15) is 37.0 Å². The molecule has 0 heterocycles. The molecule has 0 aliphatic heterocycles. The summed E-state index contributed by atoms with van der Waals surface area (Å²) in [6.45, 7) is 4.06. The van der Waals surface area contributed by atoms with Gasteiger partial charge in [-0.05, 0) is 44.9 Å². The van der Waals surface area contributed by atoms with Crippen molar-refractivity contribution in [2.45, 2.75) is 38.3 Å².